The molecule has 4 rings (SSSR count). The number of ether oxygens (including phenoxy) is 1. The number of amides is 2. The van der Waals surface area contributed by atoms with Crippen molar-refractivity contribution in [2.24, 2.45) is 0 Å². The van der Waals surface area contributed by atoms with Gasteiger partial charge in [0, 0.05) is 43.7 Å². The number of nitrogens with zero attached hydrogens (tertiary/aromatic N) is 1. The minimum atomic E-state index is -0.616. The fourth-order valence-electron chi connectivity index (χ4n) is 4.42. The number of aliphatic hydroxyl groups is 1. The summed E-state index contributed by atoms with van der Waals surface area (Å²) in [5, 5.41) is 12.9. The second-order valence-electron chi connectivity index (χ2n) is 7.98. The van der Waals surface area contributed by atoms with Crippen LogP contribution in [0.3, 0.4) is 0 Å². The number of β-amino-alcohol motifs (C(OH)–C–C–N with tert-alkyl or cyclic N) is 1. The molecule has 8 heteroatoms. The Morgan fingerprint density at radius 3 is 2.61 bits per heavy atom. The van der Waals surface area contributed by atoms with E-state index in [0.29, 0.717) is 23.3 Å². The van der Waals surface area contributed by atoms with Crippen LogP contribution in [0.4, 0.5) is 0 Å². The zero-order valence-electron chi connectivity index (χ0n) is 17.7. The number of carbonyl (C=O) groups is 2. The molecule has 164 valence electrons. The van der Waals surface area contributed by atoms with Crippen LogP contribution in [0.1, 0.15) is 50.2 Å². The van der Waals surface area contributed by atoms with Crippen LogP contribution in [0.15, 0.2) is 42.5 Å². The summed E-state index contributed by atoms with van der Waals surface area (Å²) in [6.07, 6.45) is -0.188. The van der Waals surface area contributed by atoms with Gasteiger partial charge >= 0.3 is 0 Å². The zero-order valence-corrected chi connectivity index (χ0v) is 17.7. The monoisotopic (exact) mass is 424 g/mol. The van der Waals surface area contributed by atoms with Crippen LogP contribution in [-0.2, 0) is 0 Å². The molecule has 0 aromatic heterocycles. The largest absolute Gasteiger partial charge is 0.496 e. The summed E-state index contributed by atoms with van der Waals surface area (Å²) >= 11 is 0. The van der Waals surface area contributed by atoms with Crippen LogP contribution in [0.5, 0.6) is 5.75 Å². The molecule has 2 aliphatic heterocycles. The van der Waals surface area contributed by atoms with Crippen LogP contribution >= 0.6 is 0 Å². The molecule has 2 atom stereocenters. The van der Waals surface area contributed by atoms with E-state index < -0.39 is 6.10 Å². The smallest absolute Gasteiger partial charge is 0.254 e. The van der Waals surface area contributed by atoms with Crippen LogP contribution in [0, 0.1) is 0 Å². The number of benzene rings is 2. The van der Waals surface area contributed by atoms with E-state index in [0.717, 1.165) is 24.2 Å². The normalized spacial score (nSPS) is 21.3. The number of carbonyl (C=O) groups excluding carboxylic acids is 2. The van der Waals surface area contributed by atoms with Gasteiger partial charge in [0.05, 0.1) is 19.3 Å². The number of likely N-dealkylation sites (tertiary alicyclic amines) is 1. The van der Waals surface area contributed by atoms with Crippen molar-refractivity contribution in [3.63, 3.8) is 0 Å². The van der Waals surface area contributed by atoms with Crippen LogP contribution in [-0.4, -0.2) is 61.7 Å². The number of nitrogens with one attached hydrogen (secondary N) is 3. The molecule has 1 unspecified atom stereocenters. The summed E-state index contributed by atoms with van der Waals surface area (Å²) < 4.78 is 5.58. The third kappa shape index (κ3) is 4.27. The van der Waals surface area contributed by atoms with Gasteiger partial charge in [-0.05, 0) is 41.8 Å². The second kappa shape index (κ2) is 9.05. The molecule has 8 nitrogen and oxygen atoms in total. The lowest BCUT2D eigenvalue weighted by molar-refractivity contribution is 0.0715. The van der Waals surface area contributed by atoms with Gasteiger partial charge in [-0.15, -0.1) is 0 Å². The molecular formula is C23H28N4O4. The zero-order chi connectivity index (χ0) is 22.0. The highest BCUT2D eigenvalue weighted by atomic mass is 16.5. The number of rotatable bonds is 5. The summed E-state index contributed by atoms with van der Waals surface area (Å²) in [7, 11) is 3.19. The van der Waals surface area contributed by atoms with Crippen molar-refractivity contribution in [3.05, 3.63) is 64.7 Å². The molecule has 4 N–H and O–H groups in total. The van der Waals surface area contributed by atoms with Crippen molar-refractivity contribution < 1.29 is 19.4 Å². The highest BCUT2D eigenvalue weighted by Crippen LogP contribution is 2.35. The van der Waals surface area contributed by atoms with Gasteiger partial charge < -0.3 is 20.1 Å². The van der Waals surface area contributed by atoms with E-state index in [1.165, 1.54) is 0 Å². The van der Waals surface area contributed by atoms with Gasteiger partial charge in [0.25, 0.3) is 11.8 Å². The van der Waals surface area contributed by atoms with Crippen molar-refractivity contribution in [1.82, 2.24) is 21.1 Å². The highest BCUT2D eigenvalue weighted by molar-refractivity contribution is 5.96. The lowest BCUT2D eigenvalue weighted by Gasteiger charge is -2.26. The van der Waals surface area contributed by atoms with Crippen molar-refractivity contribution in [2.45, 2.75) is 24.5 Å². The van der Waals surface area contributed by atoms with Crippen molar-refractivity contribution in [1.29, 1.82) is 0 Å². The highest BCUT2D eigenvalue weighted by Gasteiger charge is 2.36. The van der Waals surface area contributed by atoms with Crippen molar-refractivity contribution in [2.75, 3.05) is 33.8 Å². The van der Waals surface area contributed by atoms with Gasteiger partial charge in [0.15, 0.2) is 0 Å². The Morgan fingerprint density at radius 1 is 1.13 bits per heavy atom. The molecule has 2 amide bonds. The summed E-state index contributed by atoms with van der Waals surface area (Å²) in [4.78, 5) is 27.1. The summed E-state index contributed by atoms with van der Waals surface area (Å²) in [6, 6.07) is 12.4. The Morgan fingerprint density at radius 2 is 1.90 bits per heavy atom. The predicted molar refractivity (Wildman–Crippen MR) is 116 cm³/mol. The Balaban J connectivity index is 1.62. The van der Waals surface area contributed by atoms with Crippen molar-refractivity contribution in [3.8, 4) is 5.75 Å². The maximum absolute atomic E-state index is 13.4. The Bertz CT molecular complexity index is 974. The Labute approximate surface area is 181 Å². The quantitative estimate of drug-likeness (QED) is 0.575. The molecule has 0 bridgehead atoms. The molecule has 2 aliphatic rings. The average molecular weight is 425 g/mol. The van der Waals surface area contributed by atoms with Gasteiger partial charge in [-0.2, -0.15) is 0 Å². The Hall–Kier alpha value is -2.94. The average Bonchev–Trinajstić information content (AvgIpc) is 3.47. The molecule has 0 radical (unpaired) electrons. The molecule has 0 aliphatic carbocycles. The van der Waals surface area contributed by atoms with E-state index in [4.69, 9.17) is 4.74 Å². The summed E-state index contributed by atoms with van der Waals surface area (Å²) in [5.74, 6) is 0.598. The van der Waals surface area contributed by atoms with E-state index in [2.05, 4.69) is 16.2 Å². The molecule has 0 spiro atoms. The minimum Gasteiger partial charge on any atom is -0.496 e. The number of methoxy groups -OCH3 is 1. The lowest BCUT2D eigenvalue weighted by atomic mass is 9.97. The first kappa shape index (κ1) is 21.3. The SMILES string of the molecule is CNC(=O)c1cccc([C@H]2CC(O)CN2C(=O)c2ccc(C3CNNC3)c(OC)c2)c1. The first-order valence-corrected chi connectivity index (χ1v) is 10.5. The number of hydrazine groups is 1. The van der Waals surface area contributed by atoms with Gasteiger partial charge in [-0.1, -0.05) is 18.2 Å². The minimum absolute atomic E-state index is 0.167. The second-order valence-corrected chi connectivity index (χ2v) is 7.98. The van der Waals surface area contributed by atoms with E-state index in [1.807, 2.05) is 18.2 Å². The topological polar surface area (TPSA) is 103 Å². The lowest BCUT2D eigenvalue weighted by Crippen LogP contribution is -2.32. The van der Waals surface area contributed by atoms with Gasteiger partial charge in [-0.25, -0.2) is 0 Å². The van der Waals surface area contributed by atoms with E-state index in [9.17, 15) is 14.7 Å². The fraction of sp³-hybridized carbons (Fsp3) is 0.391. The molecule has 0 saturated carbocycles. The van der Waals surface area contributed by atoms with Crippen LogP contribution < -0.4 is 20.9 Å². The number of aliphatic hydroxyl groups excluding tert-OH is 1. The van der Waals surface area contributed by atoms with Crippen LogP contribution in [0.25, 0.3) is 0 Å². The first-order chi connectivity index (χ1) is 15.0. The van der Waals surface area contributed by atoms with E-state index >= 15 is 0 Å². The summed E-state index contributed by atoms with van der Waals surface area (Å²) in [6.45, 7) is 1.84. The standard InChI is InChI=1S/C23H28N4O4/c1-24-22(29)15-5-3-4-14(8-15)20-10-18(28)13-27(20)23(30)16-6-7-19(21(9-16)31-2)17-11-25-26-12-17/h3-9,17-18,20,25-26,28H,10-13H2,1-2H3,(H,24,29)/t18?,20-/m1/s1. The van der Waals surface area contributed by atoms with Gasteiger partial charge in [-0.3, -0.25) is 20.4 Å². The maximum atomic E-state index is 13.4. The maximum Gasteiger partial charge on any atom is 0.254 e. The third-order valence-corrected chi connectivity index (χ3v) is 6.04. The first-order valence-electron chi connectivity index (χ1n) is 10.5. The Kier molecular flexibility index (Phi) is 6.22. The third-order valence-electron chi connectivity index (χ3n) is 6.04. The van der Waals surface area contributed by atoms with Crippen LogP contribution in [0.2, 0.25) is 0 Å². The number of hydrogen-bond donors (Lipinski definition) is 4. The summed E-state index contributed by atoms with van der Waals surface area (Å²) in [5.41, 5.74) is 9.15. The predicted octanol–water partition coefficient (Wildman–Crippen LogP) is 1.19. The van der Waals surface area contributed by atoms with Gasteiger partial charge in [0.2, 0.25) is 0 Å². The number of hydrogen-bond acceptors (Lipinski definition) is 6. The molecule has 2 aromatic rings. The molecule has 2 fully saturated rings. The van der Waals surface area contributed by atoms with E-state index in [1.54, 1.807) is 43.3 Å². The molecule has 31 heavy (non-hydrogen) atoms. The molecule has 2 heterocycles. The molecular weight excluding hydrogens is 396 g/mol. The van der Waals surface area contributed by atoms with Crippen molar-refractivity contribution >= 4 is 11.8 Å². The molecule has 2 aromatic carbocycles. The van der Waals surface area contributed by atoms with Gasteiger partial charge in [0.1, 0.15) is 5.75 Å². The molecule has 2 saturated heterocycles. The van der Waals surface area contributed by atoms with E-state index in [-0.39, 0.29) is 30.3 Å². The fourth-order valence-corrected chi connectivity index (χ4v) is 4.42.